The van der Waals surface area contributed by atoms with Crippen molar-refractivity contribution < 1.29 is 14.7 Å². The maximum absolute atomic E-state index is 8.44. The van der Waals surface area contributed by atoms with E-state index < -0.39 is 6.10 Å². The van der Waals surface area contributed by atoms with Crippen LogP contribution >= 0.6 is 12.4 Å². The first-order valence-electron chi connectivity index (χ1n) is 4.45. The molecule has 1 aromatic rings. The Balaban J connectivity index is 0.00000225. The maximum atomic E-state index is 8.44. The van der Waals surface area contributed by atoms with Gasteiger partial charge in [-0.15, -0.1) is 12.4 Å². The number of halogens is 1. The van der Waals surface area contributed by atoms with Crippen LogP contribution in [0.1, 0.15) is 6.92 Å². The predicted octanol–water partition coefficient (Wildman–Crippen LogP) is 1.63. The monoisotopic (exact) mass is 246 g/mol. The highest BCUT2D eigenvalue weighted by molar-refractivity contribution is 5.85. The lowest BCUT2D eigenvalue weighted by Crippen LogP contribution is -2.31. The molecule has 0 aliphatic rings. The fraction of sp³-hybridized carbons (Fsp3) is 0.300. The normalized spacial score (nSPS) is 12.5. The minimum absolute atomic E-state index is 0. The summed E-state index contributed by atoms with van der Waals surface area (Å²) in [5, 5.41) is 11.3. The first kappa shape index (κ1) is 14.4. The number of nitrogens with two attached hydrogens (primary N) is 1. The molecule has 0 spiro atoms. The van der Waals surface area contributed by atoms with Crippen LogP contribution in [0.15, 0.2) is 29.4 Å². The number of benzene rings is 1. The molecule has 0 saturated heterocycles. The molecule has 0 amide bonds. The number of hydrogen-bond donors (Lipinski definition) is 2. The van der Waals surface area contributed by atoms with Gasteiger partial charge in [-0.25, -0.2) is 0 Å². The van der Waals surface area contributed by atoms with E-state index in [9.17, 15) is 0 Å². The molecule has 0 radical (unpaired) electrons. The highest BCUT2D eigenvalue weighted by Crippen LogP contribution is 2.19. The topological polar surface area (TPSA) is 77.1 Å². The van der Waals surface area contributed by atoms with Crippen molar-refractivity contribution >= 4 is 18.2 Å². The Hall–Kier alpha value is -1.62. The molecule has 0 aliphatic carbocycles. The van der Waals surface area contributed by atoms with Crippen molar-refractivity contribution in [3.8, 4) is 11.5 Å². The second-order valence-electron chi connectivity index (χ2n) is 2.96. The maximum Gasteiger partial charge on any atom is 0.180 e. The van der Waals surface area contributed by atoms with E-state index in [2.05, 4.69) is 5.16 Å². The van der Waals surface area contributed by atoms with Crippen LogP contribution in [0.4, 0.5) is 0 Å². The average Bonchev–Trinajstić information content (AvgIpc) is 2.28. The molecule has 0 aromatic heterocycles. The lowest BCUT2D eigenvalue weighted by Gasteiger charge is -2.13. The fourth-order valence-corrected chi connectivity index (χ4v) is 1.02. The van der Waals surface area contributed by atoms with Gasteiger partial charge in [0.1, 0.15) is 11.5 Å². The Labute approximate surface area is 100 Å². The first-order chi connectivity index (χ1) is 7.17. The Bertz CT molecular complexity index is 358. The SMILES string of the molecule is COc1cccc(OC(C)C(N)=NO)c1.Cl. The minimum atomic E-state index is -0.484. The molecule has 90 valence electrons. The Morgan fingerprint density at radius 1 is 1.44 bits per heavy atom. The van der Waals surface area contributed by atoms with Crippen molar-refractivity contribution in [1.29, 1.82) is 0 Å². The van der Waals surface area contributed by atoms with Crippen molar-refractivity contribution in [3.05, 3.63) is 24.3 Å². The second kappa shape index (κ2) is 6.79. The number of hydrogen-bond acceptors (Lipinski definition) is 4. The van der Waals surface area contributed by atoms with Crippen LogP contribution in [0.2, 0.25) is 0 Å². The molecular weight excluding hydrogens is 232 g/mol. The van der Waals surface area contributed by atoms with Gasteiger partial charge in [0, 0.05) is 6.07 Å². The van der Waals surface area contributed by atoms with Gasteiger partial charge in [0.25, 0.3) is 0 Å². The number of methoxy groups -OCH3 is 1. The number of nitrogens with zero attached hydrogens (tertiary/aromatic N) is 1. The molecule has 0 heterocycles. The summed E-state index contributed by atoms with van der Waals surface area (Å²) in [6, 6.07) is 7.10. The Morgan fingerprint density at radius 3 is 2.62 bits per heavy atom. The van der Waals surface area contributed by atoms with Crippen molar-refractivity contribution in [3.63, 3.8) is 0 Å². The standard InChI is InChI=1S/C10H14N2O3.ClH/c1-7(10(11)12-13)15-9-5-3-4-8(6-9)14-2;/h3-7,13H,1-2H3,(H2,11,12);1H. The van der Waals surface area contributed by atoms with Crippen LogP contribution in [-0.4, -0.2) is 24.3 Å². The van der Waals surface area contributed by atoms with E-state index >= 15 is 0 Å². The third-order valence-electron chi connectivity index (χ3n) is 1.89. The molecule has 5 nitrogen and oxygen atoms in total. The molecule has 1 atom stereocenters. The summed E-state index contributed by atoms with van der Waals surface area (Å²) in [6.07, 6.45) is -0.484. The van der Waals surface area contributed by atoms with Gasteiger partial charge in [-0.1, -0.05) is 11.2 Å². The smallest absolute Gasteiger partial charge is 0.180 e. The number of amidine groups is 1. The van der Waals surface area contributed by atoms with Crippen molar-refractivity contribution in [1.82, 2.24) is 0 Å². The summed E-state index contributed by atoms with van der Waals surface area (Å²) >= 11 is 0. The molecule has 6 heteroatoms. The summed E-state index contributed by atoms with van der Waals surface area (Å²) < 4.78 is 10.4. The molecule has 0 bridgehead atoms. The summed E-state index contributed by atoms with van der Waals surface area (Å²) in [6.45, 7) is 1.69. The molecule has 1 aromatic carbocycles. The van der Waals surface area contributed by atoms with Gasteiger partial charge in [-0.2, -0.15) is 0 Å². The number of rotatable bonds is 4. The van der Waals surface area contributed by atoms with Crippen molar-refractivity contribution in [2.75, 3.05) is 7.11 Å². The fourth-order valence-electron chi connectivity index (χ4n) is 1.02. The highest BCUT2D eigenvalue weighted by atomic mass is 35.5. The molecule has 0 fully saturated rings. The predicted molar refractivity (Wildman–Crippen MR) is 63.7 cm³/mol. The summed E-state index contributed by atoms with van der Waals surface area (Å²) in [5.74, 6) is 1.32. The summed E-state index contributed by atoms with van der Waals surface area (Å²) in [5.41, 5.74) is 5.38. The van der Waals surface area contributed by atoms with E-state index in [1.165, 1.54) is 0 Å². The van der Waals surface area contributed by atoms with Gasteiger partial charge < -0.3 is 20.4 Å². The van der Waals surface area contributed by atoms with Crippen LogP contribution in [-0.2, 0) is 0 Å². The van der Waals surface area contributed by atoms with Gasteiger partial charge in [-0.3, -0.25) is 0 Å². The van der Waals surface area contributed by atoms with Crippen LogP contribution < -0.4 is 15.2 Å². The van der Waals surface area contributed by atoms with Crippen LogP contribution in [0, 0.1) is 0 Å². The van der Waals surface area contributed by atoms with Crippen LogP contribution in [0.5, 0.6) is 11.5 Å². The van der Waals surface area contributed by atoms with E-state index in [0.29, 0.717) is 11.5 Å². The minimum Gasteiger partial charge on any atom is -0.497 e. The van der Waals surface area contributed by atoms with Gasteiger partial charge >= 0.3 is 0 Å². The largest absolute Gasteiger partial charge is 0.497 e. The van der Waals surface area contributed by atoms with E-state index in [1.807, 2.05) is 0 Å². The lowest BCUT2D eigenvalue weighted by molar-refractivity contribution is 0.264. The van der Waals surface area contributed by atoms with Crippen LogP contribution in [0.25, 0.3) is 0 Å². The van der Waals surface area contributed by atoms with Crippen LogP contribution in [0.3, 0.4) is 0 Å². The van der Waals surface area contributed by atoms with E-state index in [0.717, 1.165) is 0 Å². The molecule has 0 saturated carbocycles. The van der Waals surface area contributed by atoms with Crippen molar-refractivity contribution in [2.45, 2.75) is 13.0 Å². The van der Waals surface area contributed by atoms with Gasteiger partial charge in [-0.05, 0) is 19.1 Å². The second-order valence-corrected chi connectivity index (χ2v) is 2.96. The summed E-state index contributed by atoms with van der Waals surface area (Å²) in [4.78, 5) is 0. The van der Waals surface area contributed by atoms with E-state index in [-0.39, 0.29) is 18.2 Å². The molecule has 1 rings (SSSR count). The Kier molecular flexibility index (Phi) is 6.10. The zero-order valence-electron chi connectivity index (χ0n) is 9.08. The van der Waals surface area contributed by atoms with Gasteiger partial charge in [0.2, 0.25) is 0 Å². The average molecular weight is 247 g/mol. The lowest BCUT2D eigenvalue weighted by atomic mass is 10.3. The van der Waals surface area contributed by atoms with Crippen molar-refractivity contribution in [2.24, 2.45) is 10.9 Å². The number of ether oxygens (including phenoxy) is 2. The van der Waals surface area contributed by atoms with E-state index in [1.54, 1.807) is 38.3 Å². The third-order valence-corrected chi connectivity index (χ3v) is 1.89. The molecular formula is C10H15ClN2O3. The molecule has 16 heavy (non-hydrogen) atoms. The zero-order valence-corrected chi connectivity index (χ0v) is 9.90. The highest BCUT2D eigenvalue weighted by Gasteiger charge is 2.09. The number of oxime groups is 1. The van der Waals surface area contributed by atoms with Gasteiger partial charge in [0.05, 0.1) is 7.11 Å². The third kappa shape index (κ3) is 3.86. The quantitative estimate of drug-likeness (QED) is 0.366. The molecule has 0 aliphatic heterocycles. The Morgan fingerprint density at radius 2 is 2.06 bits per heavy atom. The summed E-state index contributed by atoms with van der Waals surface area (Å²) in [7, 11) is 1.58. The molecule has 1 unspecified atom stereocenters. The first-order valence-corrected chi connectivity index (χ1v) is 4.45. The van der Waals surface area contributed by atoms with Gasteiger partial charge in [0.15, 0.2) is 11.9 Å². The van der Waals surface area contributed by atoms with E-state index in [4.69, 9.17) is 20.4 Å². The molecule has 3 N–H and O–H groups in total. The zero-order chi connectivity index (χ0) is 11.3.